The molecule has 0 heterocycles. The molecule has 0 bridgehead atoms. The van der Waals surface area contributed by atoms with Crippen LogP contribution >= 0.6 is 0 Å². The third kappa shape index (κ3) is 3.69. The van der Waals surface area contributed by atoms with Gasteiger partial charge in [-0.15, -0.1) is 0 Å². The maximum Gasteiger partial charge on any atom is 0.126 e. The molecule has 3 aromatic carbocycles. The molecule has 1 heteroatoms. The first kappa shape index (κ1) is 21.7. The summed E-state index contributed by atoms with van der Waals surface area (Å²) in [5.41, 5.74) is 8.74. The van der Waals surface area contributed by atoms with E-state index in [9.17, 15) is 5.11 Å². The van der Waals surface area contributed by atoms with Crippen molar-refractivity contribution in [1.82, 2.24) is 0 Å². The van der Waals surface area contributed by atoms with Crippen molar-refractivity contribution >= 4 is 0 Å². The Hall–Kier alpha value is -2.54. The quantitative estimate of drug-likeness (QED) is 0.430. The highest BCUT2D eigenvalue weighted by Gasteiger charge is 2.43. The predicted molar refractivity (Wildman–Crippen MR) is 133 cm³/mol. The highest BCUT2D eigenvalue weighted by atomic mass is 16.3. The third-order valence-electron chi connectivity index (χ3n) is 6.78. The topological polar surface area (TPSA) is 20.2 Å². The number of hydrogen-bond acceptors (Lipinski definition) is 1. The lowest BCUT2D eigenvalue weighted by molar-refractivity contribution is 0.337. The average Bonchev–Trinajstić information content (AvgIpc) is 2.96. The SMILES string of the molecule is CC(C)CC1(CC(C)C)c2ccccc2-c2ccc(-c3cccc(C(C)C)c3O)cc21. The van der Waals surface area contributed by atoms with Gasteiger partial charge in [0.1, 0.15) is 5.75 Å². The molecule has 31 heavy (non-hydrogen) atoms. The number of aromatic hydroxyl groups is 1. The summed E-state index contributed by atoms with van der Waals surface area (Å²) >= 11 is 0. The first-order valence-corrected chi connectivity index (χ1v) is 11.8. The van der Waals surface area contributed by atoms with E-state index in [1.54, 1.807) is 0 Å². The smallest absolute Gasteiger partial charge is 0.126 e. The van der Waals surface area contributed by atoms with E-state index < -0.39 is 0 Å². The van der Waals surface area contributed by atoms with E-state index in [-0.39, 0.29) is 5.41 Å². The van der Waals surface area contributed by atoms with Crippen molar-refractivity contribution in [2.24, 2.45) is 11.8 Å². The van der Waals surface area contributed by atoms with Crippen LogP contribution in [0.2, 0.25) is 0 Å². The zero-order valence-corrected chi connectivity index (χ0v) is 19.9. The van der Waals surface area contributed by atoms with E-state index in [1.807, 2.05) is 6.07 Å². The van der Waals surface area contributed by atoms with Crippen LogP contribution in [-0.4, -0.2) is 5.11 Å². The van der Waals surface area contributed by atoms with Crippen molar-refractivity contribution in [2.45, 2.75) is 65.7 Å². The molecular formula is C30H36O. The van der Waals surface area contributed by atoms with Crippen molar-refractivity contribution in [1.29, 1.82) is 0 Å². The van der Waals surface area contributed by atoms with Crippen LogP contribution in [-0.2, 0) is 5.41 Å². The van der Waals surface area contributed by atoms with Crippen LogP contribution in [0.5, 0.6) is 5.75 Å². The average molecular weight is 413 g/mol. The minimum Gasteiger partial charge on any atom is -0.507 e. The van der Waals surface area contributed by atoms with Crippen LogP contribution in [0.25, 0.3) is 22.3 Å². The summed E-state index contributed by atoms with van der Waals surface area (Å²) in [4.78, 5) is 0. The van der Waals surface area contributed by atoms with Crippen LogP contribution in [0.1, 0.15) is 77.0 Å². The molecule has 4 rings (SSSR count). The predicted octanol–water partition coefficient (Wildman–Crippen LogP) is 8.54. The van der Waals surface area contributed by atoms with Crippen LogP contribution in [0.3, 0.4) is 0 Å². The molecule has 1 aliphatic carbocycles. The molecule has 0 unspecified atom stereocenters. The van der Waals surface area contributed by atoms with Crippen LogP contribution in [0, 0.1) is 11.8 Å². The van der Waals surface area contributed by atoms with E-state index in [2.05, 4.69) is 96.1 Å². The molecular weight excluding hydrogens is 376 g/mol. The Morgan fingerprint density at radius 1 is 0.677 bits per heavy atom. The molecule has 0 saturated carbocycles. The van der Waals surface area contributed by atoms with Crippen molar-refractivity contribution in [2.75, 3.05) is 0 Å². The fourth-order valence-electron chi connectivity index (χ4n) is 5.80. The highest BCUT2D eigenvalue weighted by Crippen LogP contribution is 2.55. The molecule has 3 aromatic rings. The first-order chi connectivity index (χ1) is 14.7. The van der Waals surface area contributed by atoms with E-state index in [0.717, 1.165) is 29.5 Å². The first-order valence-electron chi connectivity index (χ1n) is 11.8. The highest BCUT2D eigenvalue weighted by molar-refractivity contribution is 5.85. The minimum atomic E-state index is 0.0234. The van der Waals surface area contributed by atoms with Crippen LogP contribution in [0.15, 0.2) is 60.7 Å². The Balaban J connectivity index is 1.96. The van der Waals surface area contributed by atoms with Crippen LogP contribution < -0.4 is 0 Å². The molecule has 0 spiro atoms. The van der Waals surface area contributed by atoms with Gasteiger partial charge in [0.05, 0.1) is 0 Å². The molecule has 0 aromatic heterocycles. The van der Waals surface area contributed by atoms with Gasteiger partial charge in [0, 0.05) is 11.0 Å². The largest absolute Gasteiger partial charge is 0.507 e. The van der Waals surface area contributed by atoms with Gasteiger partial charge in [-0.3, -0.25) is 0 Å². The summed E-state index contributed by atoms with van der Waals surface area (Å²) in [6, 6.07) is 22.0. The van der Waals surface area contributed by atoms with Gasteiger partial charge in [-0.25, -0.2) is 0 Å². The molecule has 0 atom stereocenters. The number of phenolic OH excluding ortho intramolecular Hbond substituents is 1. The zero-order valence-electron chi connectivity index (χ0n) is 19.9. The van der Waals surface area contributed by atoms with Gasteiger partial charge in [-0.1, -0.05) is 96.1 Å². The molecule has 0 aliphatic heterocycles. The van der Waals surface area contributed by atoms with Gasteiger partial charge >= 0.3 is 0 Å². The van der Waals surface area contributed by atoms with E-state index >= 15 is 0 Å². The third-order valence-corrected chi connectivity index (χ3v) is 6.78. The van der Waals surface area contributed by atoms with Crippen LogP contribution in [0.4, 0.5) is 0 Å². The standard InChI is InChI=1S/C30H36O/c1-19(2)17-30(18-20(3)4)27-13-8-7-10-25(27)26-15-14-22(16-28(26)30)24-12-9-11-23(21(5)6)29(24)31/h7-16,19-21,31H,17-18H2,1-6H3. The molecule has 0 amide bonds. The van der Waals surface area contributed by atoms with Gasteiger partial charge in [0.25, 0.3) is 0 Å². The van der Waals surface area contributed by atoms with E-state index in [0.29, 0.717) is 23.5 Å². The summed E-state index contributed by atoms with van der Waals surface area (Å²) in [5.74, 6) is 1.91. The van der Waals surface area contributed by atoms with Gasteiger partial charge < -0.3 is 5.11 Å². The molecule has 0 saturated heterocycles. The summed E-state index contributed by atoms with van der Waals surface area (Å²) in [6.07, 6.45) is 2.27. The number of phenols is 1. The summed E-state index contributed by atoms with van der Waals surface area (Å²) < 4.78 is 0. The van der Waals surface area contributed by atoms with E-state index in [1.165, 1.54) is 22.3 Å². The molecule has 1 nitrogen and oxygen atoms in total. The minimum absolute atomic E-state index is 0.0234. The summed E-state index contributed by atoms with van der Waals surface area (Å²) in [6.45, 7) is 13.6. The Morgan fingerprint density at radius 2 is 1.29 bits per heavy atom. The Labute approximate surface area is 188 Å². The fraction of sp³-hybridized carbons (Fsp3) is 0.400. The molecule has 0 radical (unpaired) electrons. The lowest BCUT2D eigenvalue weighted by atomic mass is 9.67. The number of benzene rings is 3. The summed E-state index contributed by atoms with van der Waals surface area (Å²) in [7, 11) is 0. The Bertz CT molecular complexity index is 1080. The van der Waals surface area contributed by atoms with Crippen molar-refractivity contribution in [3.8, 4) is 28.0 Å². The monoisotopic (exact) mass is 412 g/mol. The normalized spacial score (nSPS) is 14.4. The lowest BCUT2D eigenvalue weighted by Crippen LogP contribution is -2.29. The maximum absolute atomic E-state index is 11.1. The Kier molecular flexibility index (Phi) is 5.73. The summed E-state index contributed by atoms with van der Waals surface area (Å²) in [5, 5.41) is 11.1. The van der Waals surface area contributed by atoms with Crippen molar-refractivity contribution in [3.63, 3.8) is 0 Å². The van der Waals surface area contributed by atoms with Gasteiger partial charge in [-0.05, 0) is 70.0 Å². The zero-order chi connectivity index (χ0) is 22.3. The molecule has 0 fully saturated rings. The second-order valence-corrected chi connectivity index (χ2v) is 10.5. The number of para-hydroxylation sites is 1. The molecule has 162 valence electrons. The number of fused-ring (bicyclic) bond motifs is 3. The van der Waals surface area contributed by atoms with Gasteiger partial charge in [0.15, 0.2) is 0 Å². The number of hydrogen-bond donors (Lipinski definition) is 1. The second-order valence-electron chi connectivity index (χ2n) is 10.5. The maximum atomic E-state index is 11.1. The van der Waals surface area contributed by atoms with Gasteiger partial charge in [-0.2, -0.15) is 0 Å². The van der Waals surface area contributed by atoms with E-state index in [4.69, 9.17) is 0 Å². The lowest BCUT2D eigenvalue weighted by Gasteiger charge is -2.36. The molecule has 1 aliphatic rings. The fourth-order valence-corrected chi connectivity index (χ4v) is 5.80. The molecule has 1 N–H and O–H groups in total. The second kappa shape index (κ2) is 8.19. The van der Waals surface area contributed by atoms with Gasteiger partial charge in [0.2, 0.25) is 0 Å². The van der Waals surface area contributed by atoms with Crippen molar-refractivity contribution in [3.05, 3.63) is 77.4 Å². The Morgan fingerprint density at radius 3 is 1.94 bits per heavy atom. The van der Waals surface area contributed by atoms with Crippen molar-refractivity contribution < 1.29 is 5.11 Å². The number of rotatable bonds is 6.